The van der Waals surface area contributed by atoms with Crippen LogP contribution in [0.2, 0.25) is 0 Å². The average Bonchev–Trinajstić information content (AvgIpc) is 0.918. The van der Waals surface area contributed by atoms with E-state index in [1.807, 2.05) is 5.32 Å². The Bertz CT molecular complexity index is 3740. The van der Waals surface area contributed by atoms with Crippen LogP contribution in [0.5, 0.6) is 0 Å². The molecule has 7 N–H and O–H groups in total. The Labute approximate surface area is 821 Å². The molecule has 7 unspecified atom stereocenters. The Balaban J connectivity index is -0.000000571. The molecule has 0 aliphatic rings. The molecular formula is C65H109N15O65S. The van der Waals surface area contributed by atoms with Gasteiger partial charge in [0.15, 0.2) is 12.1 Å². The summed E-state index contributed by atoms with van der Waals surface area (Å²) in [5, 5.41) is 151. The minimum atomic E-state index is -1.59. The summed E-state index contributed by atoms with van der Waals surface area (Å²) >= 11 is 3.98. The van der Waals surface area contributed by atoms with Gasteiger partial charge in [-0.15, -0.1) is 121 Å². The predicted molar refractivity (Wildman–Crippen MR) is 447 cm³/mol. The van der Waals surface area contributed by atoms with E-state index < -0.39 is 215 Å². The third kappa shape index (κ3) is 99.6. The third-order valence-corrected chi connectivity index (χ3v) is 15.4. The van der Waals surface area contributed by atoms with Gasteiger partial charge in [0.05, 0.1) is 170 Å². The number of carbonyl (C=O) groups is 11. The Hall–Kier alpha value is -16.0. The molecule has 7 atom stereocenters. The predicted octanol–water partition coefficient (Wildman–Crippen LogP) is -3.60. The van der Waals surface area contributed by atoms with Gasteiger partial charge in [-0.1, -0.05) is 0 Å². The molecule has 3 amide bonds. The summed E-state index contributed by atoms with van der Waals surface area (Å²) in [4.78, 5) is 297. The van der Waals surface area contributed by atoms with Crippen molar-refractivity contribution in [1.82, 2.24) is 16.0 Å². The van der Waals surface area contributed by atoms with Gasteiger partial charge in [0.25, 0.3) is 61.0 Å². The minimum absolute atomic E-state index is 0.000600. The summed E-state index contributed by atoms with van der Waals surface area (Å²) in [7, 11) is 0. The van der Waals surface area contributed by atoms with Gasteiger partial charge in [0.1, 0.15) is 84.3 Å². The number of hydrogen-bond acceptors (Lipinski definition) is 65. The molecule has 0 aromatic carbocycles. The molecule has 0 aromatic rings. The monoisotopic (exact) mass is 2170 g/mol. The maximum absolute atomic E-state index is 12.1. The second-order valence-electron chi connectivity index (χ2n) is 25.9. The molecule has 0 saturated carbocycles. The van der Waals surface area contributed by atoms with Crippen molar-refractivity contribution in [2.75, 3.05) is 211 Å². The van der Waals surface area contributed by atoms with E-state index in [0.29, 0.717) is 25.7 Å². The van der Waals surface area contributed by atoms with Crippen LogP contribution >= 0.6 is 12.6 Å². The van der Waals surface area contributed by atoms with Crippen molar-refractivity contribution in [2.24, 2.45) is 11.8 Å². The molecular weight excluding hydrogens is 2060 g/mol. The summed E-state index contributed by atoms with van der Waals surface area (Å²) in [6.07, 6.45) is -4.85. The molecule has 0 bridgehead atoms. The van der Waals surface area contributed by atoms with Crippen molar-refractivity contribution >= 4 is 78.7 Å². The van der Waals surface area contributed by atoms with Crippen molar-refractivity contribution in [1.29, 1.82) is 0 Å². The van der Waals surface area contributed by atoms with Crippen molar-refractivity contribution < 1.29 is 259 Å². The number of carbonyl (C=O) groups excluding carboxylic acids is 10. The van der Waals surface area contributed by atoms with E-state index in [0.717, 1.165) is 0 Å². The standard InChI is InChI=1S/C15H24N4O16.C14H24N4O15.C12H21N3O13.C12H20N2O11.C12H20N2O10S/c20-13(21)9-12(16-15(23)32-7-5-30-6-8-33-17(24)25)14(22)31-4-2-1-3-11(35-19(28)29)10-34-18(26)27;19-9-12(15-14(21)30-7-5-28-6-8-31-16(22)23)13(20)29-4-2-1-3-11(33-18(26)27)10-32-17(24)25;16-9-10(11(17)25-5-1-23-3-7-27-14(19)20)13-12(18)26-6-2-24-4-8-28-15(21)22;15-9-10(8-11(16)22-5-3-7-25-14(20)21)12(17)23-4-1-2-6-24-13(18)19;15-11(21-5-3-7-24-14(19)20)8-10(9-25)12(16)22-4-1-2-6-23-13(17)18/h11-12H,1-10H2,(H,16,23)(H,20,21);11-12,19H,1-10H2,(H,15,21);10,16H,1-9H2,(H,13,18);10,15H,1-9H2;10,25H,1-9H2. The van der Waals surface area contributed by atoms with Crippen LogP contribution in [0, 0.1) is 133 Å². The van der Waals surface area contributed by atoms with E-state index in [2.05, 4.69) is 86.1 Å². The number of carboxylic acid groups (broad SMARTS) is 1. The molecule has 0 radical (unpaired) electrons. The maximum atomic E-state index is 12.1. The first kappa shape index (κ1) is 138. The number of aliphatic hydroxyl groups is 3. The Morgan fingerprint density at radius 2 is 0.486 bits per heavy atom. The zero-order valence-corrected chi connectivity index (χ0v) is 77.7. The first-order valence-corrected chi connectivity index (χ1v) is 42.1. The highest BCUT2D eigenvalue weighted by molar-refractivity contribution is 7.80. The molecule has 0 spiro atoms. The fraction of sp³-hybridized carbons (Fsp3) is 0.831. The van der Waals surface area contributed by atoms with Gasteiger partial charge in [0, 0.05) is 18.6 Å². The Morgan fingerprint density at radius 1 is 0.247 bits per heavy atom. The zero-order chi connectivity index (χ0) is 111. The van der Waals surface area contributed by atoms with Gasteiger partial charge in [-0.3, -0.25) is 24.0 Å². The molecule has 81 heteroatoms. The molecule has 0 saturated heterocycles. The summed E-state index contributed by atoms with van der Waals surface area (Å²) in [6, 6.07) is -4.39. The number of aliphatic carboxylic acids is 1. The molecule has 840 valence electrons. The van der Waals surface area contributed by atoms with E-state index in [1.165, 1.54) is 0 Å². The fourth-order valence-corrected chi connectivity index (χ4v) is 8.89. The van der Waals surface area contributed by atoms with Crippen LogP contribution in [-0.4, -0.2) is 388 Å². The van der Waals surface area contributed by atoms with Gasteiger partial charge < -0.3 is 161 Å². The van der Waals surface area contributed by atoms with Gasteiger partial charge >= 0.3 is 66.0 Å². The van der Waals surface area contributed by atoms with E-state index in [9.17, 15) is 179 Å². The van der Waals surface area contributed by atoms with Gasteiger partial charge in [-0.2, -0.15) is 12.6 Å². The van der Waals surface area contributed by atoms with Crippen LogP contribution in [0.4, 0.5) is 14.4 Å². The van der Waals surface area contributed by atoms with Crippen LogP contribution < -0.4 is 16.0 Å². The van der Waals surface area contributed by atoms with Crippen LogP contribution in [-0.2, 0) is 163 Å². The van der Waals surface area contributed by atoms with Crippen LogP contribution in [0.1, 0.15) is 96.3 Å². The number of rotatable bonds is 88. The van der Waals surface area contributed by atoms with E-state index in [4.69, 9.17) is 76.9 Å². The molecule has 0 aromatic heterocycles. The highest BCUT2D eigenvalue weighted by Crippen LogP contribution is 2.14. The number of hydrogen-bond donors (Lipinski definition) is 8. The van der Waals surface area contributed by atoms with Crippen LogP contribution in [0.15, 0.2) is 0 Å². The molecule has 0 rings (SSSR count). The largest absolute Gasteiger partial charge is 0.481 e. The smallest absolute Gasteiger partial charge is 0.408 e. The average molecular weight is 2170 g/mol. The number of esters is 7. The quantitative estimate of drug-likeness (QED) is 0.00728. The summed E-state index contributed by atoms with van der Waals surface area (Å²) in [5.41, 5.74) is 0. The Morgan fingerprint density at radius 3 is 0.774 bits per heavy atom. The first-order valence-electron chi connectivity index (χ1n) is 41.5. The number of unbranched alkanes of at least 4 members (excludes halogenated alkanes) is 4. The highest BCUT2D eigenvalue weighted by atomic mass is 32.1. The minimum Gasteiger partial charge on any atom is -0.481 e. The lowest BCUT2D eigenvalue weighted by Crippen LogP contribution is -2.45. The van der Waals surface area contributed by atoms with Crippen LogP contribution in [0.3, 0.4) is 0 Å². The lowest BCUT2D eigenvalue weighted by atomic mass is 10.1. The van der Waals surface area contributed by atoms with Gasteiger partial charge in [0.2, 0.25) is 0 Å². The lowest BCUT2D eigenvalue weighted by Gasteiger charge is -2.16. The zero-order valence-electron chi connectivity index (χ0n) is 76.8. The second-order valence-corrected chi connectivity index (χ2v) is 26.2. The number of amides is 3. The molecule has 146 heavy (non-hydrogen) atoms. The van der Waals surface area contributed by atoms with Crippen LogP contribution in [0.25, 0.3) is 0 Å². The summed E-state index contributed by atoms with van der Waals surface area (Å²) in [6.45, 7) is -7.77. The van der Waals surface area contributed by atoms with Gasteiger partial charge in [-0.05, 0) is 64.2 Å². The van der Waals surface area contributed by atoms with E-state index in [1.54, 1.807) is 0 Å². The summed E-state index contributed by atoms with van der Waals surface area (Å²) in [5.74, 6) is -9.10. The number of nitrogens with one attached hydrogen (secondary N) is 3. The lowest BCUT2D eigenvalue weighted by molar-refractivity contribution is -0.790. The van der Waals surface area contributed by atoms with Crippen molar-refractivity contribution in [3.63, 3.8) is 0 Å². The van der Waals surface area contributed by atoms with Crippen molar-refractivity contribution in [3.05, 3.63) is 121 Å². The van der Waals surface area contributed by atoms with Gasteiger partial charge in [-0.25, -0.2) is 28.8 Å². The number of ether oxygens (including phenoxy) is 14. The topological polar surface area (TPSA) is 1060 Å². The molecule has 0 heterocycles. The van der Waals surface area contributed by atoms with E-state index >= 15 is 0 Å². The first-order chi connectivity index (χ1) is 69.2. The fourth-order valence-electron chi connectivity index (χ4n) is 8.61. The SMILES string of the molecule is O=C(CC(CO)C(=O)OCCCCO[N+](=O)[O-])OCCCO[N+](=O)[O-].O=C(CC(CS)C(=O)OCCCCO[N+](=O)[O-])OCCCO[N+](=O)[O-].O=C(NC(CO)C(=O)OCCCCC(CO[N+](=O)[O-])O[N+](=O)[O-])OCCOCCO[N+](=O)[O-].O=C(NC(CO)C(=O)OCCOCCO[N+](=O)[O-])OCCOCCO[N+](=O)[O-].O=C(O)CC(NC(=O)OCCOCCO[N+](=O)[O-])C(=O)OCCCCC(CO[N+](=O)[O-])O[N+](=O)[O-]. The molecule has 0 aliphatic heterocycles. The number of aliphatic hydroxyl groups excluding tert-OH is 3. The molecule has 0 aliphatic carbocycles. The highest BCUT2D eigenvalue weighted by Gasteiger charge is 2.30. The maximum Gasteiger partial charge on any atom is 0.408 e. The number of nitrogens with zero attached hydrogens (tertiary/aromatic N) is 12. The molecule has 80 nitrogen and oxygen atoms in total. The van der Waals surface area contributed by atoms with Crippen molar-refractivity contribution in [3.8, 4) is 0 Å². The van der Waals surface area contributed by atoms with E-state index in [-0.39, 0.29) is 235 Å². The Kier molecular flexibility index (Phi) is 89.1. The normalized spacial score (nSPS) is 11.6. The number of thiol groups is 1. The van der Waals surface area contributed by atoms with Crippen molar-refractivity contribution in [2.45, 2.75) is 127 Å². The number of carboxylic acids is 1. The third-order valence-electron chi connectivity index (χ3n) is 14.9. The number of alkyl carbamates (subject to hydrolysis) is 3. The second kappa shape index (κ2) is 94.0. The molecule has 0 fully saturated rings. The summed E-state index contributed by atoms with van der Waals surface area (Å²) < 4.78 is 67.5.